The summed E-state index contributed by atoms with van der Waals surface area (Å²) in [5, 5.41) is 9.19. The van der Waals surface area contributed by atoms with Gasteiger partial charge in [-0.25, -0.2) is 4.79 Å². The number of carboxylic acid groups (broad SMARTS) is 1. The first-order chi connectivity index (χ1) is 8.80. The summed E-state index contributed by atoms with van der Waals surface area (Å²) >= 11 is 0. The molecule has 0 spiro atoms. The Morgan fingerprint density at radius 3 is 2.58 bits per heavy atom. The van der Waals surface area contributed by atoms with Crippen LogP contribution in [0.5, 0.6) is 0 Å². The van der Waals surface area contributed by atoms with Crippen LogP contribution < -0.4 is 0 Å². The van der Waals surface area contributed by atoms with E-state index >= 15 is 0 Å². The number of hydrogen-bond acceptors (Lipinski definition) is 4. The van der Waals surface area contributed by atoms with Gasteiger partial charge >= 0.3 is 18.0 Å². The van der Waals surface area contributed by atoms with Gasteiger partial charge < -0.3 is 19.6 Å². The Morgan fingerprint density at radius 2 is 2.05 bits per heavy atom. The molecule has 0 bridgehead atoms. The molecule has 1 heterocycles. The van der Waals surface area contributed by atoms with Gasteiger partial charge in [-0.15, -0.1) is 0 Å². The first kappa shape index (κ1) is 15.3. The second-order valence-corrected chi connectivity index (χ2v) is 5.11. The van der Waals surface area contributed by atoms with Gasteiger partial charge in [0.05, 0.1) is 12.5 Å². The van der Waals surface area contributed by atoms with Crippen LogP contribution in [0.2, 0.25) is 0 Å². The van der Waals surface area contributed by atoms with Gasteiger partial charge in [-0.2, -0.15) is 0 Å². The molecule has 7 nitrogen and oxygen atoms in total. The average molecular weight is 272 g/mol. The SMILES string of the molecule is COC(=O)CN(C)C(=O)N1CCCC(C)(C(=O)O)C1. The van der Waals surface area contributed by atoms with Crippen LogP contribution >= 0.6 is 0 Å². The number of carbonyl (C=O) groups is 3. The fourth-order valence-electron chi connectivity index (χ4n) is 2.14. The van der Waals surface area contributed by atoms with Gasteiger partial charge in [0.25, 0.3) is 0 Å². The standard InChI is InChI=1S/C12H20N2O5/c1-12(10(16)17)5-4-6-14(8-12)11(18)13(2)7-9(15)19-3/h4-8H2,1-3H3,(H,16,17). The molecule has 0 aromatic carbocycles. The summed E-state index contributed by atoms with van der Waals surface area (Å²) in [6.45, 7) is 2.16. The molecular weight excluding hydrogens is 252 g/mol. The molecule has 0 aliphatic carbocycles. The number of piperidine rings is 1. The second-order valence-electron chi connectivity index (χ2n) is 5.11. The van der Waals surface area contributed by atoms with E-state index < -0.39 is 17.4 Å². The number of carboxylic acids is 1. The quantitative estimate of drug-likeness (QED) is 0.751. The topological polar surface area (TPSA) is 87.2 Å². The summed E-state index contributed by atoms with van der Waals surface area (Å²) in [5.41, 5.74) is -0.917. The highest BCUT2D eigenvalue weighted by Crippen LogP contribution is 2.30. The van der Waals surface area contributed by atoms with E-state index in [0.717, 1.165) is 0 Å². The third-order valence-electron chi connectivity index (χ3n) is 3.40. The van der Waals surface area contributed by atoms with Crippen LogP contribution in [0, 0.1) is 5.41 Å². The number of ether oxygens (including phenoxy) is 1. The van der Waals surface area contributed by atoms with E-state index in [1.807, 2.05) is 0 Å². The van der Waals surface area contributed by atoms with Crippen LogP contribution in [0.15, 0.2) is 0 Å². The molecule has 1 N–H and O–H groups in total. The molecule has 1 fully saturated rings. The number of hydrogen-bond donors (Lipinski definition) is 1. The van der Waals surface area contributed by atoms with Crippen molar-refractivity contribution in [1.29, 1.82) is 0 Å². The van der Waals surface area contributed by atoms with Crippen LogP contribution in [0.25, 0.3) is 0 Å². The largest absolute Gasteiger partial charge is 0.481 e. The van der Waals surface area contributed by atoms with Gasteiger partial charge in [-0.05, 0) is 19.8 Å². The Morgan fingerprint density at radius 1 is 1.42 bits per heavy atom. The van der Waals surface area contributed by atoms with Crippen LogP contribution in [0.4, 0.5) is 4.79 Å². The first-order valence-electron chi connectivity index (χ1n) is 6.10. The predicted octanol–water partition coefficient (Wildman–Crippen LogP) is 0.398. The summed E-state index contributed by atoms with van der Waals surface area (Å²) in [4.78, 5) is 37.1. The van der Waals surface area contributed by atoms with Crippen molar-refractivity contribution in [2.45, 2.75) is 19.8 Å². The normalized spacial score (nSPS) is 22.8. The monoisotopic (exact) mass is 272 g/mol. The van der Waals surface area contributed by atoms with Gasteiger partial charge in [0.1, 0.15) is 6.54 Å². The molecule has 0 radical (unpaired) electrons. The van der Waals surface area contributed by atoms with E-state index in [-0.39, 0.29) is 19.1 Å². The van der Waals surface area contributed by atoms with Gasteiger partial charge in [-0.3, -0.25) is 9.59 Å². The average Bonchev–Trinajstić information content (AvgIpc) is 2.37. The number of amides is 2. The lowest BCUT2D eigenvalue weighted by Crippen LogP contribution is -2.52. The number of aliphatic carboxylic acids is 1. The van der Waals surface area contributed by atoms with Crippen molar-refractivity contribution in [3.63, 3.8) is 0 Å². The minimum absolute atomic E-state index is 0.143. The Kier molecular flexibility index (Phi) is 4.74. The van der Waals surface area contributed by atoms with E-state index in [0.29, 0.717) is 19.4 Å². The van der Waals surface area contributed by atoms with Crippen molar-refractivity contribution in [2.24, 2.45) is 5.41 Å². The summed E-state index contributed by atoms with van der Waals surface area (Å²) < 4.78 is 4.49. The van der Waals surface area contributed by atoms with E-state index in [9.17, 15) is 19.5 Å². The lowest BCUT2D eigenvalue weighted by Gasteiger charge is -2.38. The molecule has 1 aliphatic heterocycles. The molecule has 0 aromatic heterocycles. The number of likely N-dealkylation sites (N-methyl/N-ethyl adjacent to an activating group) is 1. The Balaban J connectivity index is 2.67. The summed E-state index contributed by atoms with van der Waals surface area (Å²) in [6, 6.07) is -0.349. The molecule has 1 atom stereocenters. The zero-order valence-corrected chi connectivity index (χ0v) is 11.5. The molecule has 7 heteroatoms. The minimum Gasteiger partial charge on any atom is -0.481 e. The van der Waals surface area contributed by atoms with E-state index in [2.05, 4.69) is 4.74 Å². The summed E-state index contributed by atoms with van der Waals surface area (Å²) in [7, 11) is 2.75. The molecule has 1 aliphatic rings. The zero-order valence-electron chi connectivity index (χ0n) is 11.5. The first-order valence-corrected chi connectivity index (χ1v) is 6.10. The molecule has 2 amide bonds. The highest BCUT2D eigenvalue weighted by atomic mass is 16.5. The van der Waals surface area contributed by atoms with E-state index in [4.69, 9.17) is 0 Å². The van der Waals surface area contributed by atoms with Crippen molar-refractivity contribution in [3.8, 4) is 0 Å². The zero-order chi connectivity index (χ0) is 14.6. The third kappa shape index (κ3) is 3.59. The van der Waals surface area contributed by atoms with Gasteiger partial charge in [-0.1, -0.05) is 0 Å². The summed E-state index contributed by atoms with van der Waals surface area (Å²) in [6.07, 6.45) is 1.19. The maximum absolute atomic E-state index is 12.1. The van der Waals surface area contributed by atoms with Gasteiger partial charge in [0.15, 0.2) is 0 Å². The van der Waals surface area contributed by atoms with Crippen LogP contribution in [-0.2, 0) is 14.3 Å². The number of carbonyl (C=O) groups excluding carboxylic acids is 2. The van der Waals surface area contributed by atoms with E-state index in [1.54, 1.807) is 6.92 Å². The third-order valence-corrected chi connectivity index (χ3v) is 3.40. The second kappa shape index (κ2) is 5.90. The van der Waals surface area contributed by atoms with Crippen LogP contribution in [0.1, 0.15) is 19.8 Å². The van der Waals surface area contributed by atoms with Crippen LogP contribution in [-0.4, -0.2) is 66.7 Å². The highest BCUT2D eigenvalue weighted by molar-refractivity contribution is 5.82. The van der Waals surface area contributed by atoms with Gasteiger partial charge in [0, 0.05) is 20.1 Å². The number of esters is 1. The van der Waals surface area contributed by atoms with Crippen molar-refractivity contribution in [2.75, 3.05) is 33.8 Å². The Labute approximate surface area is 112 Å². The molecule has 0 saturated carbocycles. The molecule has 1 unspecified atom stereocenters. The maximum atomic E-state index is 12.1. The van der Waals surface area contributed by atoms with Crippen molar-refractivity contribution < 1.29 is 24.2 Å². The Bertz CT molecular complexity index is 384. The highest BCUT2D eigenvalue weighted by Gasteiger charge is 2.40. The molecule has 108 valence electrons. The maximum Gasteiger partial charge on any atom is 0.325 e. The molecule has 0 aromatic rings. The summed E-state index contributed by atoms with van der Waals surface area (Å²) in [5.74, 6) is -1.41. The smallest absolute Gasteiger partial charge is 0.325 e. The molecule has 1 rings (SSSR count). The van der Waals surface area contributed by atoms with E-state index in [1.165, 1.54) is 24.0 Å². The Hall–Kier alpha value is -1.79. The number of methoxy groups -OCH3 is 1. The molecule has 1 saturated heterocycles. The fraction of sp³-hybridized carbons (Fsp3) is 0.750. The van der Waals surface area contributed by atoms with Crippen molar-refractivity contribution in [1.82, 2.24) is 9.80 Å². The predicted molar refractivity (Wildman–Crippen MR) is 66.6 cm³/mol. The molecular formula is C12H20N2O5. The van der Waals surface area contributed by atoms with Crippen molar-refractivity contribution >= 4 is 18.0 Å². The number of nitrogens with zero attached hydrogens (tertiary/aromatic N) is 2. The number of rotatable bonds is 3. The van der Waals surface area contributed by atoms with Crippen LogP contribution in [0.3, 0.4) is 0 Å². The fourth-order valence-corrected chi connectivity index (χ4v) is 2.14. The minimum atomic E-state index is -0.917. The lowest BCUT2D eigenvalue weighted by atomic mass is 9.82. The van der Waals surface area contributed by atoms with Crippen molar-refractivity contribution in [3.05, 3.63) is 0 Å². The molecule has 19 heavy (non-hydrogen) atoms. The van der Waals surface area contributed by atoms with Gasteiger partial charge in [0.2, 0.25) is 0 Å². The number of likely N-dealkylation sites (tertiary alicyclic amines) is 1. The lowest BCUT2D eigenvalue weighted by molar-refractivity contribution is -0.150. The number of urea groups is 1.